The number of methoxy groups -OCH3 is 1. The molecule has 0 aliphatic rings. The molecule has 1 amide bonds. The lowest BCUT2D eigenvalue weighted by atomic mass is 10.3. The lowest BCUT2D eigenvalue weighted by molar-refractivity contribution is -0.112. The summed E-state index contributed by atoms with van der Waals surface area (Å²) in [7, 11) is 1.49. The van der Waals surface area contributed by atoms with Gasteiger partial charge < -0.3 is 15.2 Å². The van der Waals surface area contributed by atoms with Crippen LogP contribution in [0.3, 0.4) is 0 Å². The highest BCUT2D eigenvalue weighted by Crippen LogP contribution is 2.15. The zero-order valence-corrected chi connectivity index (χ0v) is 8.65. The predicted molar refractivity (Wildman–Crippen MR) is 57.5 cm³/mol. The normalized spacial score (nSPS) is 10.9. The molecule has 0 atom stereocenters. The molecule has 15 heavy (non-hydrogen) atoms. The highest BCUT2D eigenvalue weighted by molar-refractivity contribution is 5.99. The van der Waals surface area contributed by atoms with Crippen LogP contribution in [0.5, 0.6) is 5.75 Å². The second-order valence-corrected chi connectivity index (χ2v) is 3.00. The molecule has 4 nitrogen and oxygen atoms in total. The summed E-state index contributed by atoms with van der Waals surface area (Å²) < 4.78 is 4.83. The minimum Gasteiger partial charge on any atom is -0.508 e. The van der Waals surface area contributed by atoms with Gasteiger partial charge in [-0.2, -0.15) is 0 Å². The Hall–Kier alpha value is -1.97. The minimum atomic E-state index is -0.292. The number of hydrogen-bond donors (Lipinski definition) is 2. The second-order valence-electron chi connectivity index (χ2n) is 3.00. The Bertz CT molecular complexity index is 385. The van der Waals surface area contributed by atoms with E-state index in [4.69, 9.17) is 9.84 Å². The van der Waals surface area contributed by atoms with Gasteiger partial charge in [0.15, 0.2) is 0 Å². The van der Waals surface area contributed by atoms with Crippen molar-refractivity contribution in [3.8, 4) is 5.75 Å². The van der Waals surface area contributed by atoms with E-state index in [-0.39, 0.29) is 11.7 Å². The van der Waals surface area contributed by atoms with E-state index in [2.05, 4.69) is 5.32 Å². The molecule has 4 heteroatoms. The van der Waals surface area contributed by atoms with E-state index in [1.54, 1.807) is 19.1 Å². The lowest BCUT2D eigenvalue weighted by Gasteiger charge is -2.03. The number of allylic oxidation sites excluding steroid dienone is 1. The van der Waals surface area contributed by atoms with Gasteiger partial charge in [0.2, 0.25) is 0 Å². The van der Waals surface area contributed by atoms with Gasteiger partial charge in [0.1, 0.15) is 5.75 Å². The number of benzene rings is 1. The van der Waals surface area contributed by atoms with Crippen LogP contribution in [0.15, 0.2) is 36.1 Å². The summed E-state index contributed by atoms with van der Waals surface area (Å²) in [6, 6.07) is 6.34. The summed E-state index contributed by atoms with van der Waals surface area (Å²) in [5, 5.41) is 11.8. The maximum Gasteiger partial charge on any atom is 0.251 e. The number of carbonyl (C=O) groups excluding carboxylic acids is 1. The summed E-state index contributed by atoms with van der Waals surface area (Å²) in [4.78, 5) is 11.3. The molecule has 80 valence electrons. The molecule has 0 bridgehead atoms. The van der Waals surface area contributed by atoms with E-state index >= 15 is 0 Å². The molecule has 0 aromatic heterocycles. The van der Waals surface area contributed by atoms with E-state index in [1.807, 2.05) is 0 Å². The van der Waals surface area contributed by atoms with Gasteiger partial charge in [0.25, 0.3) is 5.91 Å². The molecule has 0 saturated heterocycles. The van der Waals surface area contributed by atoms with Crippen molar-refractivity contribution in [2.45, 2.75) is 6.92 Å². The summed E-state index contributed by atoms with van der Waals surface area (Å²) in [6.07, 6.45) is 1.34. The van der Waals surface area contributed by atoms with Crippen molar-refractivity contribution in [1.82, 2.24) is 0 Å². The SMILES string of the molecule is COC(C)=CC(=O)Nc1cccc(O)c1. The number of phenols is 1. The fourth-order valence-corrected chi connectivity index (χ4v) is 1.01. The van der Waals surface area contributed by atoms with Crippen molar-refractivity contribution in [1.29, 1.82) is 0 Å². The molecule has 1 aromatic rings. The second kappa shape index (κ2) is 5.05. The molecule has 1 aromatic carbocycles. The fraction of sp³-hybridized carbons (Fsp3) is 0.182. The van der Waals surface area contributed by atoms with Crippen LogP contribution in [0.1, 0.15) is 6.92 Å². The first-order chi connectivity index (χ1) is 7.11. The number of nitrogens with one attached hydrogen (secondary N) is 1. The molecule has 0 saturated carbocycles. The number of phenolic OH excluding ortho intramolecular Hbond substituents is 1. The molecular formula is C11H13NO3. The van der Waals surface area contributed by atoms with Gasteiger partial charge in [0.05, 0.1) is 12.9 Å². The van der Waals surface area contributed by atoms with E-state index < -0.39 is 0 Å². The molecule has 0 aliphatic heterocycles. The molecule has 0 unspecified atom stereocenters. The number of aromatic hydroxyl groups is 1. The molecule has 1 rings (SSSR count). The quantitative estimate of drug-likeness (QED) is 0.587. The van der Waals surface area contributed by atoms with Crippen molar-refractivity contribution in [2.24, 2.45) is 0 Å². The zero-order valence-electron chi connectivity index (χ0n) is 8.65. The highest BCUT2D eigenvalue weighted by atomic mass is 16.5. The molecule has 0 aliphatic carbocycles. The third kappa shape index (κ3) is 3.72. The lowest BCUT2D eigenvalue weighted by Crippen LogP contribution is -2.08. The maximum absolute atomic E-state index is 11.3. The molecule has 0 radical (unpaired) electrons. The summed E-state index contributed by atoms with van der Waals surface area (Å²) in [5.41, 5.74) is 0.542. The molecule has 0 heterocycles. The van der Waals surface area contributed by atoms with Crippen molar-refractivity contribution in [2.75, 3.05) is 12.4 Å². The van der Waals surface area contributed by atoms with Crippen LogP contribution < -0.4 is 5.32 Å². The van der Waals surface area contributed by atoms with E-state index in [9.17, 15) is 4.79 Å². The van der Waals surface area contributed by atoms with Crippen LogP contribution in [0.2, 0.25) is 0 Å². The molecule has 0 fully saturated rings. The van der Waals surface area contributed by atoms with Crippen molar-refractivity contribution >= 4 is 11.6 Å². The largest absolute Gasteiger partial charge is 0.508 e. The van der Waals surface area contributed by atoms with Gasteiger partial charge >= 0.3 is 0 Å². The first kappa shape index (κ1) is 11.1. The van der Waals surface area contributed by atoms with Crippen LogP contribution >= 0.6 is 0 Å². The highest BCUT2D eigenvalue weighted by Gasteiger charge is 2.00. The Morgan fingerprint density at radius 1 is 1.53 bits per heavy atom. The summed E-state index contributed by atoms with van der Waals surface area (Å²) >= 11 is 0. The average Bonchev–Trinajstić information content (AvgIpc) is 2.17. The van der Waals surface area contributed by atoms with Crippen molar-refractivity contribution < 1.29 is 14.6 Å². The molecule has 2 N–H and O–H groups in total. The summed E-state index contributed by atoms with van der Waals surface area (Å²) in [5.74, 6) is 0.341. The van der Waals surface area contributed by atoms with Gasteiger partial charge in [0, 0.05) is 17.8 Å². The first-order valence-corrected chi connectivity index (χ1v) is 4.44. The third-order valence-corrected chi connectivity index (χ3v) is 1.77. The minimum absolute atomic E-state index is 0.111. The zero-order chi connectivity index (χ0) is 11.3. The molecular weight excluding hydrogens is 194 g/mol. The van der Waals surface area contributed by atoms with Crippen LogP contribution in [0.25, 0.3) is 0 Å². The number of hydrogen-bond acceptors (Lipinski definition) is 3. The van der Waals surface area contributed by atoms with Crippen LogP contribution in [0.4, 0.5) is 5.69 Å². The standard InChI is InChI=1S/C11H13NO3/c1-8(15-2)6-11(14)12-9-4-3-5-10(13)7-9/h3-7,13H,1-2H3,(H,12,14). The van der Waals surface area contributed by atoms with E-state index in [0.717, 1.165) is 0 Å². The third-order valence-electron chi connectivity index (χ3n) is 1.77. The Balaban J connectivity index is 2.67. The Kier molecular flexibility index (Phi) is 3.74. The van der Waals surface area contributed by atoms with Crippen molar-refractivity contribution in [3.63, 3.8) is 0 Å². The molecule has 0 spiro atoms. The van der Waals surface area contributed by atoms with Crippen LogP contribution in [-0.2, 0) is 9.53 Å². The van der Waals surface area contributed by atoms with Crippen molar-refractivity contribution in [3.05, 3.63) is 36.1 Å². The van der Waals surface area contributed by atoms with E-state index in [1.165, 1.54) is 25.3 Å². The van der Waals surface area contributed by atoms with Gasteiger partial charge in [-0.25, -0.2) is 0 Å². The number of anilines is 1. The number of ether oxygens (including phenoxy) is 1. The Morgan fingerprint density at radius 2 is 2.27 bits per heavy atom. The van der Waals surface area contributed by atoms with Crippen LogP contribution in [0, 0.1) is 0 Å². The smallest absolute Gasteiger partial charge is 0.251 e. The topological polar surface area (TPSA) is 58.6 Å². The predicted octanol–water partition coefficient (Wildman–Crippen LogP) is 1.88. The average molecular weight is 207 g/mol. The maximum atomic E-state index is 11.3. The summed E-state index contributed by atoms with van der Waals surface area (Å²) in [6.45, 7) is 1.68. The van der Waals surface area contributed by atoms with Gasteiger partial charge in [-0.3, -0.25) is 4.79 Å². The first-order valence-electron chi connectivity index (χ1n) is 4.44. The van der Waals surface area contributed by atoms with Gasteiger partial charge in [-0.05, 0) is 19.1 Å². The van der Waals surface area contributed by atoms with Crippen LogP contribution in [-0.4, -0.2) is 18.1 Å². The van der Waals surface area contributed by atoms with Gasteiger partial charge in [-0.1, -0.05) is 6.07 Å². The Morgan fingerprint density at radius 3 is 2.87 bits per heavy atom. The van der Waals surface area contributed by atoms with E-state index in [0.29, 0.717) is 11.4 Å². The van der Waals surface area contributed by atoms with Gasteiger partial charge in [-0.15, -0.1) is 0 Å². The monoisotopic (exact) mass is 207 g/mol. The number of rotatable bonds is 3. The Labute approximate surface area is 88.2 Å². The number of amides is 1. The fourth-order valence-electron chi connectivity index (χ4n) is 1.01. The number of carbonyl (C=O) groups is 1.